The molecule has 1 heterocycles. The third-order valence-electron chi connectivity index (χ3n) is 11.1. The van der Waals surface area contributed by atoms with Gasteiger partial charge in [-0.2, -0.15) is 0 Å². The zero-order valence-corrected chi connectivity index (χ0v) is 28.2. The molecule has 4 aliphatic rings. The Kier molecular flexibility index (Phi) is 10.1. The predicted molar refractivity (Wildman–Crippen MR) is 147 cm³/mol. The fourth-order valence-corrected chi connectivity index (χ4v) is 9.78. The van der Waals surface area contributed by atoms with E-state index in [-0.39, 0.29) is 63.5 Å². The minimum absolute atomic E-state index is 0. The number of rotatable bonds is 8. The summed E-state index contributed by atoms with van der Waals surface area (Å²) in [6.45, 7) is 13.5. The normalized spacial score (nSPS) is 35.5. The minimum Gasteiger partial charge on any atom is -0.716 e. The van der Waals surface area contributed by atoms with Gasteiger partial charge in [-0.15, -0.1) is 0 Å². The van der Waals surface area contributed by atoms with E-state index in [4.69, 9.17) is 4.18 Å². The van der Waals surface area contributed by atoms with Gasteiger partial charge in [-0.1, -0.05) is 48.0 Å². The van der Waals surface area contributed by atoms with Gasteiger partial charge in [0.1, 0.15) is 12.3 Å². The van der Waals surface area contributed by atoms with Crippen LogP contribution in [0.15, 0.2) is 23.5 Å². The maximum absolute atomic E-state index is 12.8. The molecule has 220 valence electrons. The summed E-state index contributed by atoms with van der Waals surface area (Å²) in [5, 5.41) is 9.71. The molecule has 10 heteroatoms. The van der Waals surface area contributed by atoms with Gasteiger partial charge in [-0.3, -0.25) is 4.79 Å². The number of hydrogen-bond acceptors (Lipinski definition) is 6. The van der Waals surface area contributed by atoms with Crippen molar-refractivity contribution in [1.29, 1.82) is 0 Å². The van der Waals surface area contributed by atoms with Crippen LogP contribution >= 0.6 is 0 Å². The Balaban J connectivity index is 0.00000441. The summed E-state index contributed by atoms with van der Waals surface area (Å²) in [4.78, 5) is 26.1. The molecule has 0 bridgehead atoms. The van der Waals surface area contributed by atoms with Crippen LogP contribution in [0, 0.1) is 39.9 Å². The zero-order valence-electron chi connectivity index (χ0n) is 25.4. The second-order valence-electron chi connectivity index (χ2n) is 14.1. The number of aliphatic carboxylic acids is 1. The smallest absolute Gasteiger partial charge is 0.716 e. The van der Waals surface area contributed by atoms with Crippen LogP contribution in [0.25, 0.3) is 0 Å². The molecule has 3 aliphatic carbocycles. The summed E-state index contributed by atoms with van der Waals surface area (Å²) in [6.07, 6.45) is 11.5. The molecule has 0 radical (unpaired) electrons. The number of nitrogens with zero attached hydrogens (tertiary/aromatic N) is 1. The van der Waals surface area contributed by atoms with Crippen molar-refractivity contribution in [3.05, 3.63) is 23.5 Å². The van der Waals surface area contributed by atoms with Crippen molar-refractivity contribution in [2.24, 2.45) is 39.9 Å². The fourth-order valence-electron chi connectivity index (χ4n) is 9.54. The number of fused-ring (bicyclic) bond motifs is 3. The third-order valence-corrected chi connectivity index (χ3v) is 11.4. The van der Waals surface area contributed by atoms with Crippen LogP contribution in [0.5, 0.6) is 0 Å². The Morgan fingerprint density at radius 1 is 1.15 bits per heavy atom. The van der Waals surface area contributed by atoms with E-state index in [9.17, 15) is 27.7 Å². The zero-order chi connectivity index (χ0) is 29.0. The molecule has 0 aromatic rings. The van der Waals surface area contributed by atoms with Crippen LogP contribution in [0.4, 0.5) is 0 Å². The summed E-state index contributed by atoms with van der Waals surface area (Å²) >= 11 is 0. The Labute approximate surface area is 262 Å². The molecule has 1 aliphatic heterocycles. The fraction of sp³-hybridized carbons (Fsp3) is 0.800. The summed E-state index contributed by atoms with van der Waals surface area (Å²) in [5.41, 5.74) is 2.14. The molecular formula is C30H46NNaO7S. The molecule has 0 aromatic carbocycles. The molecule has 1 N–H and O–H groups in total. The van der Waals surface area contributed by atoms with E-state index in [0.717, 1.165) is 30.4 Å². The average Bonchev–Trinajstić information content (AvgIpc) is 3.14. The Morgan fingerprint density at radius 3 is 2.42 bits per heavy atom. The van der Waals surface area contributed by atoms with Gasteiger partial charge < -0.3 is 18.7 Å². The second kappa shape index (κ2) is 12.0. The Hall–Kier alpha value is -0.870. The number of carbonyl (C=O) groups excluding carboxylic acids is 1. The van der Waals surface area contributed by atoms with Crippen molar-refractivity contribution >= 4 is 22.3 Å². The van der Waals surface area contributed by atoms with Gasteiger partial charge in [0.25, 0.3) is 10.4 Å². The quantitative estimate of drug-likeness (QED) is 0.200. The van der Waals surface area contributed by atoms with E-state index in [2.05, 4.69) is 27.7 Å². The van der Waals surface area contributed by atoms with E-state index in [1.54, 1.807) is 19.9 Å². The SMILES string of the molecule is CC(C)[C@@H](C(=O)O)N1CC(CC[C@H]2/C(=C/OS(=O)(=O)[O-])CC[C@H]3[C@]2(C)CC[C@H]2C(C)(C)CCC[C@]32C)=CC1=O.[Na+]. The van der Waals surface area contributed by atoms with E-state index in [0.29, 0.717) is 37.6 Å². The van der Waals surface area contributed by atoms with Crippen molar-refractivity contribution in [3.63, 3.8) is 0 Å². The Morgan fingerprint density at radius 2 is 1.82 bits per heavy atom. The van der Waals surface area contributed by atoms with Crippen LogP contribution < -0.4 is 29.6 Å². The molecule has 3 fully saturated rings. The average molecular weight is 588 g/mol. The molecule has 0 spiro atoms. The first-order valence-corrected chi connectivity index (χ1v) is 15.9. The van der Waals surface area contributed by atoms with Crippen molar-refractivity contribution in [1.82, 2.24) is 4.90 Å². The largest absolute Gasteiger partial charge is 1.00 e. The molecule has 3 saturated carbocycles. The van der Waals surface area contributed by atoms with Crippen molar-refractivity contribution in [3.8, 4) is 0 Å². The van der Waals surface area contributed by atoms with Gasteiger partial charge in [0.15, 0.2) is 0 Å². The van der Waals surface area contributed by atoms with Gasteiger partial charge >= 0.3 is 35.5 Å². The van der Waals surface area contributed by atoms with Gasteiger partial charge in [-0.25, -0.2) is 13.2 Å². The topological polar surface area (TPSA) is 124 Å². The van der Waals surface area contributed by atoms with Gasteiger partial charge in [0.05, 0.1) is 0 Å². The first kappa shape index (κ1) is 33.6. The van der Waals surface area contributed by atoms with Crippen molar-refractivity contribution < 1.29 is 61.4 Å². The molecule has 0 aromatic heterocycles. The predicted octanol–water partition coefficient (Wildman–Crippen LogP) is 2.67. The van der Waals surface area contributed by atoms with Crippen molar-refractivity contribution in [2.45, 2.75) is 105 Å². The van der Waals surface area contributed by atoms with Gasteiger partial charge in [0, 0.05) is 12.6 Å². The van der Waals surface area contributed by atoms with Crippen LogP contribution in [0.2, 0.25) is 0 Å². The summed E-state index contributed by atoms with van der Waals surface area (Å²) < 4.78 is 38.7. The monoisotopic (exact) mass is 587 g/mol. The number of allylic oxidation sites excluding steroid dienone is 1. The van der Waals surface area contributed by atoms with Crippen molar-refractivity contribution in [2.75, 3.05) is 6.54 Å². The molecule has 1 amide bonds. The first-order valence-electron chi connectivity index (χ1n) is 14.6. The number of carbonyl (C=O) groups is 2. The third kappa shape index (κ3) is 6.38. The van der Waals surface area contributed by atoms with Gasteiger partial charge in [0.2, 0.25) is 5.91 Å². The van der Waals surface area contributed by atoms with E-state index in [1.807, 2.05) is 0 Å². The second-order valence-corrected chi connectivity index (χ2v) is 15.1. The van der Waals surface area contributed by atoms with Crippen LogP contribution in [0.3, 0.4) is 0 Å². The first-order chi connectivity index (χ1) is 18.0. The van der Waals surface area contributed by atoms with Gasteiger partial charge in [-0.05, 0) is 102 Å². The van der Waals surface area contributed by atoms with Crippen LogP contribution in [-0.2, 0) is 24.2 Å². The van der Waals surface area contributed by atoms with E-state index in [1.165, 1.54) is 30.4 Å². The molecule has 6 atom stereocenters. The van der Waals surface area contributed by atoms with Crippen LogP contribution in [0.1, 0.15) is 99.3 Å². The van der Waals surface area contributed by atoms with E-state index >= 15 is 0 Å². The number of carboxylic acids is 1. The molecule has 0 saturated heterocycles. The van der Waals surface area contributed by atoms with E-state index < -0.39 is 22.4 Å². The molecule has 8 nitrogen and oxygen atoms in total. The maximum Gasteiger partial charge on any atom is 1.00 e. The van der Waals surface area contributed by atoms with Crippen LogP contribution in [-0.4, -0.2) is 47.4 Å². The minimum atomic E-state index is -4.86. The molecule has 4 rings (SSSR count). The number of hydrogen-bond donors (Lipinski definition) is 1. The summed E-state index contributed by atoms with van der Waals surface area (Å²) in [6, 6.07) is -0.876. The summed E-state index contributed by atoms with van der Waals surface area (Å²) in [5.74, 6) is -0.388. The Bertz CT molecular complexity index is 1160. The maximum atomic E-state index is 12.8. The molecule has 0 unspecified atom stereocenters. The number of carboxylic acid groups (broad SMARTS) is 1. The number of amides is 1. The standard InChI is InChI=1S/C30H47NO7S.Na/c1-19(2)26(27(33)34)31-17-20(16-25(31)32)8-10-22-21(18-38-39(35,36)37)9-11-24-29(22,5)15-12-23-28(3,4)13-7-14-30(23,24)6;/h16,18-19,22-24,26H,7-15,17H2,1-6H3,(H,33,34)(H,35,36,37);/q;+1/p-1/b21-18+;/t22-,23-,24-,26-,29+,30-;/m0./s1. The summed E-state index contributed by atoms with van der Waals surface area (Å²) in [7, 11) is -4.86. The molecule has 40 heavy (non-hydrogen) atoms. The molecular weight excluding hydrogens is 541 g/mol.